The van der Waals surface area contributed by atoms with Crippen LogP contribution in [0.5, 0.6) is 0 Å². The molecule has 6 nitrogen and oxygen atoms in total. The Balaban J connectivity index is 1.47. The molecular weight excluding hydrogens is 396 g/mol. The Bertz CT molecular complexity index is 1120. The summed E-state index contributed by atoms with van der Waals surface area (Å²) in [7, 11) is 0. The lowest BCUT2D eigenvalue weighted by Gasteiger charge is -2.10. The Morgan fingerprint density at radius 2 is 1.90 bits per heavy atom. The third-order valence-corrected chi connectivity index (χ3v) is 5.63. The molecule has 1 N–H and O–H groups in total. The zero-order valence-electron chi connectivity index (χ0n) is 16.9. The molecule has 4 rings (SSSR count). The first-order valence-electron chi connectivity index (χ1n) is 10.1. The molecule has 0 spiro atoms. The van der Waals surface area contributed by atoms with Crippen molar-refractivity contribution in [3.05, 3.63) is 65.7 Å². The Morgan fingerprint density at radius 3 is 2.73 bits per heavy atom. The molecule has 0 saturated heterocycles. The standard InChI is InChI=1S/C23H24N4O2S/c1-2-29-14-8-13-27-20-12-7-6-11-19(20)25-23(27)26-21(28)15-18-16-30-22(24-18)17-9-4-3-5-10-17/h3-7,9-12,16H,2,8,13-15H2,1H3,(H,25,26,28). The lowest BCUT2D eigenvalue weighted by molar-refractivity contribution is -0.115. The van der Waals surface area contributed by atoms with Gasteiger partial charge in [0.15, 0.2) is 0 Å². The monoisotopic (exact) mass is 420 g/mol. The lowest BCUT2D eigenvalue weighted by Crippen LogP contribution is -2.18. The number of rotatable bonds is 9. The van der Waals surface area contributed by atoms with Crippen molar-refractivity contribution in [2.75, 3.05) is 18.5 Å². The van der Waals surface area contributed by atoms with E-state index in [0.717, 1.165) is 40.3 Å². The summed E-state index contributed by atoms with van der Waals surface area (Å²) in [6, 6.07) is 17.9. The second-order valence-electron chi connectivity index (χ2n) is 6.86. The number of fused-ring (bicyclic) bond motifs is 1. The maximum Gasteiger partial charge on any atom is 0.232 e. The molecule has 2 heterocycles. The van der Waals surface area contributed by atoms with Crippen molar-refractivity contribution in [1.82, 2.24) is 14.5 Å². The molecule has 0 unspecified atom stereocenters. The van der Waals surface area contributed by atoms with Crippen LogP contribution in [0.4, 0.5) is 5.95 Å². The summed E-state index contributed by atoms with van der Waals surface area (Å²) in [6.07, 6.45) is 1.06. The fourth-order valence-corrected chi connectivity index (χ4v) is 4.13. The van der Waals surface area contributed by atoms with Gasteiger partial charge in [0.2, 0.25) is 11.9 Å². The highest BCUT2D eigenvalue weighted by atomic mass is 32.1. The summed E-state index contributed by atoms with van der Waals surface area (Å²) in [5.41, 5.74) is 3.69. The van der Waals surface area contributed by atoms with Gasteiger partial charge in [-0.3, -0.25) is 10.1 Å². The van der Waals surface area contributed by atoms with Crippen LogP contribution < -0.4 is 5.32 Å². The van der Waals surface area contributed by atoms with E-state index in [0.29, 0.717) is 19.2 Å². The summed E-state index contributed by atoms with van der Waals surface area (Å²) < 4.78 is 7.50. The van der Waals surface area contributed by atoms with Crippen LogP contribution in [-0.4, -0.2) is 33.7 Å². The minimum Gasteiger partial charge on any atom is -0.382 e. The Morgan fingerprint density at radius 1 is 1.10 bits per heavy atom. The van der Waals surface area contributed by atoms with E-state index in [1.54, 1.807) is 11.3 Å². The van der Waals surface area contributed by atoms with E-state index in [-0.39, 0.29) is 12.3 Å². The molecule has 0 radical (unpaired) electrons. The second-order valence-corrected chi connectivity index (χ2v) is 7.72. The third kappa shape index (κ3) is 4.75. The number of imidazole rings is 1. The summed E-state index contributed by atoms with van der Waals surface area (Å²) >= 11 is 1.55. The van der Waals surface area contributed by atoms with E-state index in [1.165, 1.54) is 0 Å². The third-order valence-electron chi connectivity index (χ3n) is 4.69. The number of carbonyl (C=O) groups is 1. The molecule has 0 atom stereocenters. The van der Waals surface area contributed by atoms with E-state index in [2.05, 4.69) is 15.3 Å². The highest BCUT2D eigenvalue weighted by Crippen LogP contribution is 2.24. The average molecular weight is 421 g/mol. The molecule has 1 amide bonds. The quantitative estimate of drug-likeness (QED) is 0.396. The van der Waals surface area contributed by atoms with E-state index in [4.69, 9.17) is 4.74 Å². The molecule has 0 saturated carbocycles. The minimum absolute atomic E-state index is 0.124. The minimum atomic E-state index is -0.124. The molecule has 2 aromatic carbocycles. The predicted molar refractivity (Wildman–Crippen MR) is 121 cm³/mol. The van der Waals surface area contributed by atoms with Gasteiger partial charge in [0.25, 0.3) is 0 Å². The molecule has 0 fully saturated rings. The Kier molecular flexibility index (Phi) is 6.51. The maximum absolute atomic E-state index is 12.7. The number of thiazole rings is 1. The van der Waals surface area contributed by atoms with Crippen molar-refractivity contribution in [2.45, 2.75) is 26.3 Å². The van der Waals surface area contributed by atoms with Gasteiger partial charge < -0.3 is 9.30 Å². The van der Waals surface area contributed by atoms with Crippen LogP contribution in [-0.2, 0) is 22.5 Å². The van der Waals surface area contributed by atoms with Gasteiger partial charge >= 0.3 is 0 Å². The molecule has 0 bridgehead atoms. The molecule has 4 aromatic rings. The van der Waals surface area contributed by atoms with Crippen molar-refractivity contribution >= 4 is 34.2 Å². The number of benzene rings is 2. The first-order valence-corrected chi connectivity index (χ1v) is 10.9. The van der Waals surface area contributed by atoms with Crippen LogP contribution in [0.15, 0.2) is 60.0 Å². The van der Waals surface area contributed by atoms with Crippen molar-refractivity contribution in [3.8, 4) is 10.6 Å². The normalized spacial score (nSPS) is 11.1. The number of aromatic nitrogens is 3. The highest BCUT2D eigenvalue weighted by molar-refractivity contribution is 7.13. The smallest absolute Gasteiger partial charge is 0.232 e. The van der Waals surface area contributed by atoms with Crippen LogP contribution in [0.3, 0.4) is 0 Å². The zero-order valence-corrected chi connectivity index (χ0v) is 17.7. The van der Waals surface area contributed by atoms with Crippen LogP contribution in [0.25, 0.3) is 21.6 Å². The number of anilines is 1. The molecule has 154 valence electrons. The number of carbonyl (C=O) groups excluding carboxylic acids is 1. The van der Waals surface area contributed by atoms with Gasteiger partial charge in [-0.05, 0) is 25.5 Å². The number of nitrogens with zero attached hydrogens (tertiary/aromatic N) is 3. The number of amides is 1. The van der Waals surface area contributed by atoms with Gasteiger partial charge in [-0.25, -0.2) is 9.97 Å². The number of hydrogen-bond acceptors (Lipinski definition) is 5. The molecule has 0 aliphatic heterocycles. The summed E-state index contributed by atoms with van der Waals surface area (Å²) in [5, 5.41) is 5.83. The highest BCUT2D eigenvalue weighted by Gasteiger charge is 2.15. The second kappa shape index (κ2) is 9.65. The first kappa shape index (κ1) is 20.3. The number of aryl methyl sites for hydroxylation is 1. The number of ether oxygens (including phenoxy) is 1. The maximum atomic E-state index is 12.7. The lowest BCUT2D eigenvalue weighted by atomic mass is 10.2. The van der Waals surface area contributed by atoms with Crippen LogP contribution >= 0.6 is 11.3 Å². The van der Waals surface area contributed by atoms with Crippen LogP contribution in [0.2, 0.25) is 0 Å². The average Bonchev–Trinajstić information content (AvgIpc) is 3.36. The van der Waals surface area contributed by atoms with E-state index < -0.39 is 0 Å². The number of hydrogen-bond donors (Lipinski definition) is 1. The van der Waals surface area contributed by atoms with Crippen molar-refractivity contribution < 1.29 is 9.53 Å². The molecule has 2 aromatic heterocycles. The van der Waals surface area contributed by atoms with E-state index in [1.807, 2.05) is 71.5 Å². The number of nitrogens with one attached hydrogen (secondary N) is 1. The van der Waals surface area contributed by atoms with Gasteiger partial charge in [-0.2, -0.15) is 0 Å². The Hall–Kier alpha value is -3.03. The Labute approximate surface area is 179 Å². The molecule has 0 aliphatic carbocycles. The first-order chi connectivity index (χ1) is 14.7. The van der Waals surface area contributed by atoms with Crippen molar-refractivity contribution in [2.24, 2.45) is 0 Å². The molecule has 0 aliphatic rings. The molecular formula is C23H24N4O2S. The molecule has 7 heteroatoms. The van der Waals surface area contributed by atoms with Gasteiger partial charge in [-0.1, -0.05) is 42.5 Å². The summed E-state index contributed by atoms with van der Waals surface area (Å²) in [6.45, 7) is 4.09. The van der Waals surface area contributed by atoms with Crippen molar-refractivity contribution in [1.29, 1.82) is 0 Å². The number of para-hydroxylation sites is 2. The van der Waals surface area contributed by atoms with Crippen LogP contribution in [0, 0.1) is 0 Å². The summed E-state index contributed by atoms with van der Waals surface area (Å²) in [4.78, 5) is 21.9. The zero-order chi connectivity index (χ0) is 20.8. The van der Waals surface area contributed by atoms with Crippen LogP contribution in [0.1, 0.15) is 19.0 Å². The predicted octanol–water partition coefficient (Wildman–Crippen LogP) is 4.77. The van der Waals surface area contributed by atoms with Gasteiger partial charge in [0.05, 0.1) is 23.1 Å². The van der Waals surface area contributed by atoms with Gasteiger partial charge in [0.1, 0.15) is 5.01 Å². The SMILES string of the molecule is CCOCCCn1c(NC(=O)Cc2csc(-c3ccccc3)n2)nc2ccccc21. The van der Waals surface area contributed by atoms with E-state index >= 15 is 0 Å². The van der Waals surface area contributed by atoms with Crippen molar-refractivity contribution in [3.63, 3.8) is 0 Å². The fraction of sp³-hybridized carbons (Fsp3) is 0.261. The van der Waals surface area contributed by atoms with E-state index in [9.17, 15) is 4.79 Å². The molecule has 30 heavy (non-hydrogen) atoms. The summed E-state index contributed by atoms with van der Waals surface area (Å²) in [5.74, 6) is 0.442. The van der Waals surface area contributed by atoms with Gasteiger partial charge in [0, 0.05) is 30.7 Å². The van der Waals surface area contributed by atoms with Gasteiger partial charge in [-0.15, -0.1) is 11.3 Å². The topological polar surface area (TPSA) is 69.0 Å². The largest absolute Gasteiger partial charge is 0.382 e. The fourth-order valence-electron chi connectivity index (χ4n) is 3.30.